The van der Waals surface area contributed by atoms with Crippen LogP contribution in [0.25, 0.3) is 0 Å². The molecule has 0 saturated carbocycles. The van der Waals surface area contributed by atoms with Gasteiger partial charge in [0.25, 0.3) is 0 Å². The van der Waals surface area contributed by atoms with Crippen LogP contribution in [0.1, 0.15) is 247 Å². The molecule has 356 valence electrons. The van der Waals surface area contributed by atoms with Gasteiger partial charge in [0.15, 0.2) is 0 Å². The van der Waals surface area contributed by atoms with E-state index in [9.17, 15) is 0 Å². The molecule has 56 heavy (non-hydrogen) atoms. The van der Waals surface area contributed by atoms with Gasteiger partial charge in [-0.15, -0.1) is 48.0 Å². The Hall–Kier alpha value is 3.12. The third kappa shape index (κ3) is 88.4. The number of unbranched alkanes of at least 4 members (excludes halogenated alkanes) is 26. The second-order valence-corrected chi connectivity index (χ2v) is 17.4. The molecular weight excluding hydrogens is 1070 g/mol. The van der Waals surface area contributed by atoms with Gasteiger partial charge in [-0.2, -0.15) is 27.5 Å². The maximum Gasteiger partial charge on any atom is 2.00 e. The zero-order valence-corrected chi connectivity index (χ0v) is 46.1. The van der Waals surface area contributed by atoms with Crippen molar-refractivity contribution in [2.75, 3.05) is 26.0 Å². The Bertz CT molecular complexity index is 552. The smallest absolute Gasteiger partial charge is 0.343 e. The van der Waals surface area contributed by atoms with Gasteiger partial charge in [-0.05, 0) is 32.1 Å². The van der Waals surface area contributed by atoms with Crippen molar-refractivity contribution in [3.05, 3.63) is 13.8 Å². The van der Waals surface area contributed by atoms with Crippen molar-refractivity contribution < 1.29 is 62.4 Å². The maximum absolute atomic E-state index is 8.54. The Morgan fingerprint density at radius 2 is 0.589 bits per heavy atom. The predicted molar refractivity (Wildman–Crippen MR) is 267 cm³/mol. The first-order valence-electron chi connectivity index (χ1n) is 22.6. The number of hydrogen-bond acceptors (Lipinski definition) is 6. The maximum atomic E-state index is 8.54. The number of hydrogen-bond donors (Lipinski definition) is 3. The molecule has 0 unspecified atom stereocenters. The van der Waals surface area contributed by atoms with Gasteiger partial charge in [0, 0.05) is 17.1 Å². The molecule has 3 N–H and O–H groups in total. The van der Waals surface area contributed by atoms with Crippen LogP contribution in [0.2, 0.25) is 0 Å². The molecule has 0 fully saturated rings. The fourth-order valence-electron chi connectivity index (χ4n) is 5.13. The SMILES string of the molecule is CCCCCCCCCCOP(OCCCCCC)OCCCCCCCCCC.CCCCCC[P+](O)(O)O.I.I.[CH2-]CCCCC.[CH2-]CCCCC.[Cu+2].[Cu]. The van der Waals surface area contributed by atoms with Crippen LogP contribution in [0.5, 0.6) is 0 Å². The van der Waals surface area contributed by atoms with Crippen molar-refractivity contribution in [2.45, 2.75) is 247 Å². The van der Waals surface area contributed by atoms with E-state index in [1.165, 1.54) is 148 Å². The van der Waals surface area contributed by atoms with Crippen molar-refractivity contribution >= 4 is 64.5 Å². The zero-order chi connectivity index (χ0) is 39.7. The summed E-state index contributed by atoms with van der Waals surface area (Å²) < 4.78 is 17.9. The zero-order valence-electron chi connectivity index (χ0n) is 37.8. The van der Waals surface area contributed by atoms with E-state index in [-0.39, 0.29) is 88.3 Å². The Morgan fingerprint density at radius 1 is 0.375 bits per heavy atom. The topological polar surface area (TPSA) is 88.4 Å². The van der Waals surface area contributed by atoms with Crippen LogP contribution in [0, 0.1) is 13.8 Å². The minimum atomic E-state index is -3.46. The van der Waals surface area contributed by atoms with Crippen molar-refractivity contribution in [3.8, 4) is 0 Å². The Kier molecular flexibility index (Phi) is 99.0. The van der Waals surface area contributed by atoms with Crippen LogP contribution in [-0.2, 0) is 47.7 Å². The van der Waals surface area contributed by atoms with E-state index in [1.54, 1.807) is 0 Å². The second-order valence-electron chi connectivity index (χ2n) is 14.3. The predicted octanol–water partition coefficient (Wildman–Crippen LogP) is 17.5. The van der Waals surface area contributed by atoms with Gasteiger partial charge in [0.05, 0.1) is 19.8 Å². The van der Waals surface area contributed by atoms with Crippen LogP contribution in [-0.4, -0.2) is 40.7 Å². The van der Waals surface area contributed by atoms with Gasteiger partial charge in [0.2, 0.25) is 0 Å². The average Bonchev–Trinajstić information content (AvgIpc) is 3.13. The molecule has 0 heterocycles. The van der Waals surface area contributed by atoms with E-state index in [1.807, 2.05) is 0 Å². The molecule has 0 aliphatic heterocycles. The van der Waals surface area contributed by atoms with Gasteiger partial charge in [-0.3, -0.25) is 0 Å². The molecule has 0 aromatic rings. The van der Waals surface area contributed by atoms with Gasteiger partial charge in [-0.25, -0.2) is 0 Å². The molecule has 12 heteroatoms. The van der Waals surface area contributed by atoms with E-state index in [2.05, 4.69) is 55.4 Å². The van der Waals surface area contributed by atoms with Gasteiger partial charge in [-0.1, -0.05) is 202 Å². The van der Waals surface area contributed by atoms with Crippen LogP contribution in [0.15, 0.2) is 0 Å². The molecular formula is C44H99Cu2I2O6P2+. The quantitative estimate of drug-likeness (QED) is 0.0189. The second kappa shape index (κ2) is 72.6. The standard InChI is InChI=1S/C26H55O3P.C6H16O3P.2C6H13.2Cu.2HI/c1-4-7-10-13-15-17-19-22-25-28-30(27-24-21-12-9-6-3)29-26-23-20-18-16-14-11-8-5-2;1-2-3-4-5-6-10(7,8)9;2*1-3-5-6-4-2;;;;/h4-26H2,1-3H3;7-9H,2-6H2,1H3;2*1,3-6H2,2H3;;;2*1H/q;+1;2*-1;;+2;;. The summed E-state index contributed by atoms with van der Waals surface area (Å²) in [6.07, 6.45) is 40.4. The Morgan fingerprint density at radius 3 is 0.821 bits per heavy atom. The summed E-state index contributed by atoms with van der Waals surface area (Å²) in [7, 11) is -4.60. The Balaban J connectivity index is -0.000000121. The van der Waals surface area contributed by atoms with Gasteiger partial charge in [0.1, 0.15) is 6.16 Å². The molecule has 0 bridgehead atoms. The van der Waals surface area contributed by atoms with Crippen molar-refractivity contribution in [3.63, 3.8) is 0 Å². The summed E-state index contributed by atoms with van der Waals surface area (Å²) >= 11 is 0. The minimum absolute atomic E-state index is 0. The molecule has 0 aromatic carbocycles. The fraction of sp³-hybridized carbons (Fsp3) is 0.955. The van der Waals surface area contributed by atoms with Crippen LogP contribution < -0.4 is 0 Å². The first kappa shape index (κ1) is 76.4. The number of halogens is 2. The first-order chi connectivity index (χ1) is 25.2. The van der Waals surface area contributed by atoms with Crippen molar-refractivity contribution in [1.82, 2.24) is 0 Å². The average molecular weight is 1170 g/mol. The van der Waals surface area contributed by atoms with Gasteiger partial charge >= 0.3 is 33.6 Å². The van der Waals surface area contributed by atoms with E-state index in [0.717, 1.165) is 71.2 Å². The molecule has 0 saturated heterocycles. The van der Waals surface area contributed by atoms with E-state index in [0.29, 0.717) is 6.42 Å². The normalized spacial score (nSPS) is 10.3. The summed E-state index contributed by atoms with van der Waals surface area (Å²) in [4.78, 5) is 25.6. The van der Waals surface area contributed by atoms with Gasteiger partial charge < -0.3 is 27.4 Å². The van der Waals surface area contributed by atoms with E-state index in [4.69, 9.17) is 28.3 Å². The van der Waals surface area contributed by atoms with Crippen molar-refractivity contribution in [2.24, 2.45) is 0 Å². The van der Waals surface area contributed by atoms with Crippen LogP contribution >= 0.6 is 64.5 Å². The molecule has 6 nitrogen and oxygen atoms in total. The molecule has 0 aliphatic rings. The summed E-state index contributed by atoms with van der Waals surface area (Å²) in [5.41, 5.74) is 0. The van der Waals surface area contributed by atoms with Crippen molar-refractivity contribution in [1.29, 1.82) is 0 Å². The molecule has 0 atom stereocenters. The molecule has 2 radical (unpaired) electrons. The molecule has 0 rings (SSSR count). The molecule has 0 aromatic heterocycles. The Labute approximate surface area is 410 Å². The van der Waals surface area contributed by atoms with Crippen LogP contribution in [0.3, 0.4) is 0 Å². The molecule has 0 amide bonds. The summed E-state index contributed by atoms with van der Waals surface area (Å²) in [6.45, 7) is 23.1. The largest absolute Gasteiger partial charge is 2.00 e. The third-order valence-electron chi connectivity index (χ3n) is 8.60. The summed E-state index contributed by atoms with van der Waals surface area (Å²) in [5, 5.41) is 0. The summed E-state index contributed by atoms with van der Waals surface area (Å²) in [5.74, 6) is 0. The summed E-state index contributed by atoms with van der Waals surface area (Å²) in [6, 6.07) is 0. The first-order valence-corrected chi connectivity index (χ1v) is 25.5. The minimum Gasteiger partial charge on any atom is -0.343 e. The molecule has 0 spiro atoms. The fourth-order valence-corrected chi connectivity index (χ4v) is 6.84. The number of rotatable bonds is 37. The third-order valence-corrected chi connectivity index (χ3v) is 10.7. The molecule has 0 aliphatic carbocycles. The van der Waals surface area contributed by atoms with Crippen LogP contribution in [0.4, 0.5) is 0 Å². The van der Waals surface area contributed by atoms with E-state index >= 15 is 0 Å². The monoisotopic (exact) mass is 1170 g/mol. The van der Waals surface area contributed by atoms with E-state index < -0.39 is 16.5 Å².